The largest absolute Gasteiger partial charge is 0.493 e. The Bertz CT molecular complexity index is 879. The zero-order chi connectivity index (χ0) is 24.0. The molecule has 0 aliphatic heterocycles. The molecule has 0 atom stereocenters. The Hall–Kier alpha value is -2.95. The number of hydrogen-bond donors (Lipinski definition) is 1. The zero-order valence-corrected chi connectivity index (χ0v) is 16.8. The summed E-state index contributed by atoms with van der Waals surface area (Å²) < 4.78 is 93.1. The fourth-order valence-corrected chi connectivity index (χ4v) is 2.68. The summed E-state index contributed by atoms with van der Waals surface area (Å²) in [6.45, 7) is 0.103. The van der Waals surface area contributed by atoms with Crippen molar-refractivity contribution in [2.24, 2.45) is 0 Å². The predicted octanol–water partition coefficient (Wildman–Crippen LogP) is 4.56. The van der Waals surface area contributed by atoms with Crippen LogP contribution in [-0.4, -0.2) is 43.8 Å². The molecule has 2 aromatic rings. The monoisotopic (exact) mass is 466 g/mol. The summed E-state index contributed by atoms with van der Waals surface area (Å²) in [5.74, 6) is -0.147. The minimum atomic E-state index is -5.97. The predicted molar refractivity (Wildman–Crippen MR) is 100 cm³/mol. The standard InChI is InChI=1S/C21H20F6O5/c1-30-18(28)12-14-6-8-16(9-7-14)31-10-3-11-32-17-5-2-4-15(13-17)19(29,20(22,23)24)21(25,26)27/h2,4-9,13,29H,3,10-12H2,1H3. The van der Waals surface area contributed by atoms with Gasteiger partial charge < -0.3 is 19.3 Å². The number of carbonyl (C=O) groups excluding carboxylic acids is 1. The number of aliphatic hydroxyl groups is 1. The van der Waals surface area contributed by atoms with Crippen molar-refractivity contribution in [2.45, 2.75) is 30.8 Å². The fourth-order valence-electron chi connectivity index (χ4n) is 2.68. The quantitative estimate of drug-likeness (QED) is 0.334. The summed E-state index contributed by atoms with van der Waals surface area (Å²) in [6, 6.07) is 9.77. The Morgan fingerprint density at radius 2 is 1.44 bits per heavy atom. The van der Waals surface area contributed by atoms with E-state index in [4.69, 9.17) is 9.47 Å². The molecule has 5 nitrogen and oxygen atoms in total. The van der Waals surface area contributed by atoms with Crippen molar-refractivity contribution in [1.82, 2.24) is 0 Å². The van der Waals surface area contributed by atoms with Gasteiger partial charge in [-0.25, -0.2) is 0 Å². The first kappa shape index (κ1) is 25.3. The van der Waals surface area contributed by atoms with E-state index in [0.29, 0.717) is 17.9 Å². The molecule has 0 spiro atoms. The van der Waals surface area contributed by atoms with Gasteiger partial charge in [-0.1, -0.05) is 24.3 Å². The van der Waals surface area contributed by atoms with Crippen LogP contribution in [-0.2, 0) is 21.6 Å². The molecule has 0 radical (unpaired) electrons. The lowest BCUT2D eigenvalue weighted by molar-refractivity contribution is -0.376. The summed E-state index contributed by atoms with van der Waals surface area (Å²) in [4.78, 5) is 11.2. The number of hydrogen-bond acceptors (Lipinski definition) is 5. The van der Waals surface area contributed by atoms with E-state index in [1.807, 2.05) is 0 Å². The highest BCUT2D eigenvalue weighted by atomic mass is 19.4. The number of methoxy groups -OCH3 is 1. The van der Waals surface area contributed by atoms with E-state index >= 15 is 0 Å². The second-order valence-electron chi connectivity index (χ2n) is 6.68. The van der Waals surface area contributed by atoms with Gasteiger partial charge in [-0.2, -0.15) is 26.3 Å². The third kappa shape index (κ3) is 6.06. The van der Waals surface area contributed by atoms with Gasteiger partial charge in [0.1, 0.15) is 11.5 Å². The first-order valence-corrected chi connectivity index (χ1v) is 9.26. The van der Waals surface area contributed by atoms with Gasteiger partial charge in [-0.05, 0) is 29.8 Å². The van der Waals surface area contributed by atoms with Crippen LogP contribution in [0.25, 0.3) is 0 Å². The van der Waals surface area contributed by atoms with Gasteiger partial charge in [0.2, 0.25) is 0 Å². The summed E-state index contributed by atoms with van der Waals surface area (Å²) in [7, 11) is 1.28. The van der Waals surface area contributed by atoms with E-state index in [1.54, 1.807) is 24.3 Å². The van der Waals surface area contributed by atoms with E-state index < -0.39 is 23.5 Å². The maximum absolute atomic E-state index is 13.0. The first-order valence-electron chi connectivity index (χ1n) is 9.26. The third-order valence-corrected chi connectivity index (χ3v) is 4.40. The van der Waals surface area contributed by atoms with Crippen molar-refractivity contribution >= 4 is 5.97 Å². The number of esters is 1. The molecule has 0 aliphatic carbocycles. The number of rotatable bonds is 9. The van der Waals surface area contributed by atoms with Gasteiger partial charge in [0, 0.05) is 12.0 Å². The third-order valence-electron chi connectivity index (χ3n) is 4.40. The molecule has 0 aromatic heterocycles. The molecule has 0 bridgehead atoms. The zero-order valence-electron chi connectivity index (χ0n) is 16.8. The molecule has 11 heteroatoms. The highest BCUT2D eigenvalue weighted by Gasteiger charge is 2.71. The van der Waals surface area contributed by atoms with Crippen LogP contribution in [0.1, 0.15) is 17.5 Å². The molecule has 32 heavy (non-hydrogen) atoms. The van der Waals surface area contributed by atoms with Crippen LogP contribution in [0.3, 0.4) is 0 Å². The maximum Gasteiger partial charge on any atom is 0.430 e. The Morgan fingerprint density at radius 3 is 1.97 bits per heavy atom. The number of ether oxygens (including phenoxy) is 3. The van der Waals surface area contributed by atoms with E-state index in [-0.39, 0.29) is 37.8 Å². The van der Waals surface area contributed by atoms with Crippen LogP contribution < -0.4 is 9.47 Å². The van der Waals surface area contributed by atoms with Crippen LogP contribution in [0.15, 0.2) is 48.5 Å². The summed E-state index contributed by atoms with van der Waals surface area (Å²) in [5, 5.41) is 9.45. The normalized spacial score (nSPS) is 12.4. The fraction of sp³-hybridized carbons (Fsp3) is 0.381. The molecular weight excluding hydrogens is 446 g/mol. The van der Waals surface area contributed by atoms with Crippen LogP contribution >= 0.6 is 0 Å². The molecule has 2 rings (SSSR count). The van der Waals surface area contributed by atoms with Gasteiger partial charge in [-0.15, -0.1) is 0 Å². The number of carbonyl (C=O) groups is 1. The lowest BCUT2D eigenvalue weighted by Crippen LogP contribution is -2.53. The average Bonchev–Trinajstić information content (AvgIpc) is 2.72. The van der Waals surface area contributed by atoms with E-state index in [2.05, 4.69) is 4.74 Å². The van der Waals surface area contributed by atoms with Gasteiger partial charge >= 0.3 is 18.3 Å². The van der Waals surface area contributed by atoms with Gasteiger partial charge in [0.25, 0.3) is 5.60 Å². The van der Waals surface area contributed by atoms with Crippen LogP contribution in [0.4, 0.5) is 26.3 Å². The number of benzene rings is 2. The molecule has 0 aliphatic rings. The molecule has 0 unspecified atom stereocenters. The minimum absolute atomic E-state index is 0.0552. The smallest absolute Gasteiger partial charge is 0.430 e. The molecule has 0 saturated carbocycles. The molecule has 1 N–H and O–H groups in total. The lowest BCUT2D eigenvalue weighted by Gasteiger charge is -2.32. The van der Waals surface area contributed by atoms with Gasteiger partial charge in [0.05, 0.1) is 26.7 Å². The van der Waals surface area contributed by atoms with E-state index in [9.17, 15) is 36.2 Å². The Labute approximate surface area is 179 Å². The molecule has 2 aromatic carbocycles. The van der Waals surface area contributed by atoms with Crippen molar-refractivity contribution in [3.63, 3.8) is 0 Å². The average molecular weight is 466 g/mol. The van der Waals surface area contributed by atoms with Crippen molar-refractivity contribution in [1.29, 1.82) is 0 Å². The molecule has 0 amide bonds. The Morgan fingerprint density at radius 1 is 0.875 bits per heavy atom. The molecule has 0 heterocycles. The van der Waals surface area contributed by atoms with E-state index in [1.165, 1.54) is 13.2 Å². The van der Waals surface area contributed by atoms with Crippen molar-refractivity contribution in [3.05, 3.63) is 59.7 Å². The van der Waals surface area contributed by atoms with E-state index in [0.717, 1.165) is 11.6 Å². The Balaban J connectivity index is 1.90. The van der Waals surface area contributed by atoms with Crippen molar-refractivity contribution < 1.29 is 50.5 Å². The molecule has 0 saturated heterocycles. The summed E-state index contributed by atoms with van der Waals surface area (Å²) in [6.07, 6.45) is -11.5. The van der Waals surface area contributed by atoms with Gasteiger partial charge in [0.15, 0.2) is 0 Å². The van der Waals surface area contributed by atoms with Crippen molar-refractivity contribution in [2.75, 3.05) is 20.3 Å². The topological polar surface area (TPSA) is 65.0 Å². The van der Waals surface area contributed by atoms with Crippen molar-refractivity contribution in [3.8, 4) is 11.5 Å². The highest BCUT2D eigenvalue weighted by molar-refractivity contribution is 5.72. The number of halogens is 6. The second-order valence-corrected chi connectivity index (χ2v) is 6.68. The highest BCUT2D eigenvalue weighted by Crippen LogP contribution is 2.50. The maximum atomic E-state index is 13.0. The summed E-state index contributed by atoms with van der Waals surface area (Å²) in [5.41, 5.74) is -5.67. The van der Waals surface area contributed by atoms with Crippen LogP contribution in [0.2, 0.25) is 0 Å². The minimum Gasteiger partial charge on any atom is -0.493 e. The van der Waals surface area contributed by atoms with Gasteiger partial charge in [-0.3, -0.25) is 4.79 Å². The molecular formula is C21H20F6O5. The van der Waals surface area contributed by atoms with Crippen LogP contribution in [0.5, 0.6) is 11.5 Å². The second kappa shape index (κ2) is 10.1. The number of alkyl halides is 6. The first-order chi connectivity index (χ1) is 14.9. The Kier molecular flexibility index (Phi) is 8.00. The molecule has 0 fully saturated rings. The molecule has 176 valence electrons. The lowest BCUT2D eigenvalue weighted by atomic mass is 9.92. The van der Waals surface area contributed by atoms with Crippen LogP contribution in [0, 0.1) is 0 Å². The SMILES string of the molecule is COC(=O)Cc1ccc(OCCCOc2cccc(C(O)(C(F)(F)F)C(F)(F)F)c2)cc1. The summed E-state index contributed by atoms with van der Waals surface area (Å²) >= 11 is 0.